The van der Waals surface area contributed by atoms with Crippen molar-refractivity contribution < 1.29 is 18.0 Å². The number of nitrogens with zero attached hydrogens (tertiary/aromatic N) is 1. The van der Waals surface area contributed by atoms with Gasteiger partial charge in [0.1, 0.15) is 0 Å². The minimum atomic E-state index is -3.76. The zero-order valence-corrected chi connectivity index (χ0v) is 11.4. The van der Waals surface area contributed by atoms with Gasteiger partial charge in [-0.1, -0.05) is 0 Å². The first kappa shape index (κ1) is 15.1. The highest BCUT2D eigenvalue weighted by atomic mass is 32.2. The van der Waals surface area contributed by atoms with E-state index < -0.39 is 22.5 Å². The van der Waals surface area contributed by atoms with Crippen molar-refractivity contribution in [3.63, 3.8) is 0 Å². The van der Waals surface area contributed by atoms with E-state index >= 15 is 0 Å². The fourth-order valence-corrected chi connectivity index (χ4v) is 2.53. The molecule has 19 heavy (non-hydrogen) atoms. The maximum absolute atomic E-state index is 12.0. The Balaban J connectivity index is 2.96. The van der Waals surface area contributed by atoms with E-state index in [0.717, 1.165) is 4.31 Å². The van der Waals surface area contributed by atoms with Crippen LogP contribution in [-0.4, -0.2) is 38.1 Å². The van der Waals surface area contributed by atoms with Crippen LogP contribution in [0, 0.1) is 0 Å². The van der Waals surface area contributed by atoms with Gasteiger partial charge in [-0.2, -0.15) is 4.31 Å². The molecule has 0 aromatic heterocycles. The van der Waals surface area contributed by atoms with Crippen LogP contribution in [0.25, 0.3) is 0 Å². The number of carbonyl (C=O) groups excluding carboxylic acids is 2. The molecule has 0 spiro atoms. The van der Waals surface area contributed by atoms with Gasteiger partial charge in [0.25, 0.3) is 0 Å². The second-order valence-electron chi connectivity index (χ2n) is 3.93. The lowest BCUT2D eigenvalue weighted by Gasteiger charge is -2.15. The second-order valence-corrected chi connectivity index (χ2v) is 5.98. The van der Waals surface area contributed by atoms with Crippen LogP contribution >= 0.6 is 0 Å². The molecule has 104 valence electrons. The third-order valence-corrected chi connectivity index (χ3v) is 4.08. The van der Waals surface area contributed by atoms with Gasteiger partial charge < -0.3 is 11.1 Å². The molecule has 1 aromatic carbocycles. The molecule has 0 saturated carbocycles. The van der Waals surface area contributed by atoms with E-state index in [1.54, 1.807) is 0 Å². The molecule has 0 radical (unpaired) electrons. The van der Waals surface area contributed by atoms with Gasteiger partial charge >= 0.3 is 0 Å². The first-order valence-corrected chi connectivity index (χ1v) is 6.80. The van der Waals surface area contributed by atoms with Crippen LogP contribution < -0.4 is 11.1 Å². The lowest BCUT2D eigenvalue weighted by atomic mass is 10.3. The summed E-state index contributed by atoms with van der Waals surface area (Å²) < 4.78 is 24.9. The number of carbonyl (C=O) groups is 2. The minimum absolute atomic E-state index is 0.0188. The molecule has 0 saturated heterocycles. The van der Waals surface area contributed by atoms with Crippen LogP contribution in [0.2, 0.25) is 0 Å². The first-order valence-electron chi connectivity index (χ1n) is 5.36. The summed E-state index contributed by atoms with van der Waals surface area (Å²) in [4.78, 5) is 21.6. The smallest absolute Gasteiger partial charge is 0.243 e. The summed E-state index contributed by atoms with van der Waals surface area (Å²) in [6.07, 6.45) is 0. The van der Waals surface area contributed by atoms with Crippen molar-refractivity contribution in [3.8, 4) is 0 Å². The standard InChI is InChI=1S/C11H15N3O4S/c1-8(15)13-9-3-5-10(6-4-9)19(17,18)14(2)7-11(12)16/h3-6H,7H2,1-2H3,(H2,12,16)(H,13,15). The van der Waals surface area contributed by atoms with Gasteiger partial charge in [-0.15, -0.1) is 0 Å². The maximum Gasteiger partial charge on any atom is 0.243 e. The monoisotopic (exact) mass is 285 g/mol. The predicted molar refractivity (Wildman–Crippen MR) is 69.8 cm³/mol. The lowest BCUT2D eigenvalue weighted by Crippen LogP contribution is -2.35. The van der Waals surface area contributed by atoms with Gasteiger partial charge in [0.05, 0.1) is 11.4 Å². The Labute approximate surface area is 111 Å². The van der Waals surface area contributed by atoms with Gasteiger partial charge in [-0.05, 0) is 24.3 Å². The zero-order valence-electron chi connectivity index (χ0n) is 10.6. The van der Waals surface area contributed by atoms with Crippen LogP contribution in [0.3, 0.4) is 0 Å². The topological polar surface area (TPSA) is 110 Å². The summed E-state index contributed by atoms with van der Waals surface area (Å²) in [6.45, 7) is 0.959. The highest BCUT2D eigenvalue weighted by Gasteiger charge is 2.21. The second kappa shape index (κ2) is 5.81. The third kappa shape index (κ3) is 4.04. The Morgan fingerprint density at radius 1 is 1.26 bits per heavy atom. The average Bonchev–Trinajstić information content (AvgIpc) is 2.27. The fourth-order valence-electron chi connectivity index (χ4n) is 1.40. The summed E-state index contributed by atoms with van der Waals surface area (Å²) in [5, 5.41) is 2.52. The van der Waals surface area contributed by atoms with Gasteiger partial charge in [0.2, 0.25) is 21.8 Å². The Bertz CT molecular complexity index is 580. The molecule has 0 aliphatic heterocycles. The number of hydrogen-bond acceptors (Lipinski definition) is 4. The molecule has 0 fully saturated rings. The molecule has 0 atom stereocenters. The summed E-state index contributed by atoms with van der Waals surface area (Å²) in [5.41, 5.74) is 5.44. The van der Waals surface area contributed by atoms with E-state index in [-0.39, 0.29) is 10.8 Å². The Kier molecular flexibility index (Phi) is 4.62. The van der Waals surface area contributed by atoms with Crippen molar-refractivity contribution in [2.45, 2.75) is 11.8 Å². The van der Waals surface area contributed by atoms with Crippen molar-refractivity contribution in [1.29, 1.82) is 0 Å². The highest BCUT2D eigenvalue weighted by molar-refractivity contribution is 7.89. The van der Waals surface area contributed by atoms with Crippen LogP contribution in [-0.2, 0) is 19.6 Å². The van der Waals surface area contributed by atoms with Gasteiger partial charge in [-0.25, -0.2) is 8.42 Å². The van der Waals surface area contributed by atoms with Crippen molar-refractivity contribution >= 4 is 27.5 Å². The predicted octanol–water partition coefficient (Wildman–Crippen LogP) is -0.249. The molecular formula is C11H15N3O4S. The number of sulfonamides is 1. The molecule has 7 nitrogen and oxygen atoms in total. The largest absolute Gasteiger partial charge is 0.369 e. The summed E-state index contributed by atoms with van der Waals surface area (Å²) >= 11 is 0. The molecular weight excluding hydrogens is 270 g/mol. The molecule has 0 aliphatic carbocycles. The zero-order chi connectivity index (χ0) is 14.6. The number of nitrogens with two attached hydrogens (primary N) is 1. The number of hydrogen-bond donors (Lipinski definition) is 2. The van der Waals surface area contributed by atoms with Gasteiger partial charge in [0, 0.05) is 19.7 Å². The van der Waals surface area contributed by atoms with E-state index in [4.69, 9.17) is 5.73 Å². The number of likely N-dealkylation sites (N-methyl/N-ethyl adjacent to an activating group) is 1. The molecule has 0 bridgehead atoms. The Morgan fingerprint density at radius 3 is 2.21 bits per heavy atom. The third-order valence-electron chi connectivity index (χ3n) is 2.26. The van der Waals surface area contributed by atoms with Crippen molar-refractivity contribution in [3.05, 3.63) is 24.3 Å². The number of amides is 2. The number of nitrogens with one attached hydrogen (secondary N) is 1. The Morgan fingerprint density at radius 2 is 1.79 bits per heavy atom. The van der Waals surface area contributed by atoms with Crippen LogP contribution in [0.5, 0.6) is 0 Å². The molecule has 3 N–H and O–H groups in total. The number of primary amides is 1. The Hall–Kier alpha value is -1.93. The SMILES string of the molecule is CC(=O)Nc1ccc(S(=O)(=O)N(C)CC(N)=O)cc1. The van der Waals surface area contributed by atoms with Crippen molar-refractivity contribution in [1.82, 2.24) is 4.31 Å². The van der Waals surface area contributed by atoms with E-state index in [2.05, 4.69) is 5.32 Å². The average molecular weight is 285 g/mol. The minimum Gasteiger partial charge on any atom is -0.369 e. The lowest BCUT2D eigenvalue weighted by molar-refractivity contribution is -0.118. The normalized spacial score (nSPS) is 11.3. The first-order chi connectivity index (χ1) is 8.73. The number of benzene rings is 1. The maximum atomic E-state index is 12.0. The summed E-state index contributed by atoms with van der Waals surface area (Å²) in [5.74, 6) is -0.984. The number of rotatable bonds is 5. The quantitative estimate of drug-likeness (QED) is 0.777. The molecule has 0 heterocycles. The van der Waals surface area contributed by atoms with E-state index in [1.165, 1.54) is 38.2 Å². The van der Waals surface area contributed by atoms with Gasteiger partial charge in [-0.3, -0.25) is 9.59 Å². The van der Waals surface area contributed by atoms with Crippen LogP contribution in [0.15, 0.2) is 29.2 Å². The van der Waals surface area contributed by atoms with Gasteiger partial charge in [0.15, 0.2) is 0 Å². The molecule has 8 heteroatoms. The van der Waals surface area contributed by atoms with Crippen molar-refractivity contribution in [2.24, 2.45) is 5.73 Å². The summed E-state index contributed by atoms with van der Waals surface area (Å²) in [7, 11) is -2.49. The van der Waals surface area contributed by atoms with Crippen LogP contribution in [0.4, 0.5) is 5.69 Å². The molecule has 0 aliphatic rings. The fraction of sp³-hybridized carbons (Fsp3) is 0.273. The van der Waals surface area contributed by atoms with E-state index in [9.17, 15) is 18.0 Å². The number of anilines is 1. The highest BCUT2D eigenvalue weighted by Crippen LogP contribution is 2.17. The van der Waals surface area contributed by atoms with Crippen molar-refractivity contribution in [2.75, 3.05) is 18.9 Å². The molecule has 0 unspecified atom stereocenters. The summed E-state index contributed by atoms with van der Waals surface area (Å²) in [6, 6.07) is 5.62. The van der Waals surface area contributed by atoms with Crippen LogP contribution in [0.1, 0.15) is 6.92 Å². The molecule has 1 rings (SSSR count). The van der Waals surface area contributed by atoms with E-state index in [1.807, 2.05) is 0 Å². The molecule has 1 aromatic rings. The van der Waals surface area contributed by atoms with E-state index in [0.29, 0.717) is 5.69 Å². The molecule has 2 amide bonds.